The Morgan fingerprint density at radius 2 is 1.17 bits per heavy atom. The molecule has 5 nitrogen and oxygen atoms in total. The van der Waals surface area contributed by atoms with Crippen LogP contribution in [0, 0.1) is 0 Å². The van der Waals surface area contributed by atoms with Gasteiger partial charge in [0.2, 0.25) is 0 Å². The van der Waals surface area contributed by atoms with Crippen LogP contribution in [0.5, 0.6) is 11.5 Å². The lowest BCUT2D eigenvalue weighted by Gasteiger charge is -2.47. The summed E-state index contributed by atoms with van der Waals surface area (Å²) in [7, 11) is 4.31. The van der Waals surface area contributed by atoms with Crippen molar-refractivity contribution < 1.29 is 4.74 Å². The predicted molar refractivity (Wildman–Crippen MR) is 149 cm³/mol. The van der Waals surface area contributed by atoms with Gasteiger partial charge in [-0.15, -0.1) is 0 Å². The minimum Gasteiger partial charge on any atom is -0.457 e. The van der Waals surface area contributed by atoms with Crippen LogP contribution >= 0.6 is 0 Å². The third kappa shape index (κ3) is 3.76. The molecule has 0 aromatic heterocycles. The van der Waals surface area contributed by atoms with Crippen LogP contribution in [0.2, 0.25) is 0 Å². The number of hydrogen-bond donors (Lipinski definition) is 0. The minimum atomic E-state index is -0.0239. The summed E-state index contributed by atoms with van der Waals surface area (Å²) in [6.07, 6.45) is 0. The molecule has 0 bridgehead atoms. The molecule has 2 heterocycles. The first-order valence-corrected chi connectivity index (χ1v) is 12.5. The monoisotopic (exact) mass is 476 g/mol. The van der Waals surface area contributed by atoms with Gasteiger partial charge in [-0.3, -0.25) is 4.90 Å². The maximum Gasteiger partial charge on any atom is 0.129 e. The van der Waals surface area contributed by atoms with Gasteiger partial charge in [0.05, 0.1) is 24.7 Å². The Labute approximate surface area is 213 Å². The summed E-state index contributed by atoms with van der Waals surface area (Å²) >= 11 is 0. The molecule has 0 saturated carbocycles. The fraction of sp³-hybridized carbons (Fsp3) is 0.226. The highest BCUT2D eigenvalue weighted by Gasteiger charge is 2.35. The zero-order chi connectivity index (χ0) is 24.9. The van der Waals surface area contributed by atoms with Crippen LogP contribution in [-0.2, 0) is 5.54 Å². The van der Waals surface area contributed by atoms with Crippen LogP contribution in [0.25, 0.3) is 0 Å². The van der Waals surface area contributed by atoms with Crippen molar-refractivity contribution in [2.24, 2.45) is 0 Å². The van der Waals surface area contributed by atoms with Gasteiger partial charge in [-0.05, 0) is 68.9 Å². The van der Waals surface area contributed by atoms with E-state index in [2.05, 4.69) is 132 Å². The van der Waals surface area contributed by atoms with Crippen LogP contribution in [-0.4, -0.2) is 32.3 Å². The molecular weight excluding hydrogens is 444 g/mol. The Balaban J connectivity index is 1.28. The Hall–Kier alpha value is -3.96. The van der Waals surface area contributed by atoms with E-state index < -0.39 is 0 Å². The molecule has 36 heavy (non-hydrogen) atoms. The molecule has 2 aliphatic rings. The van der Waals surface area contributed by atoms with Crippen LogP contribution in [0.15, 0.2) is 97.1 Å². The molecule has 2 aliphatic heterocycles. The van der Waals surface area contributed by atoms with Crippen LogP contribution in [0.4, 0.5) is 28.4 Å². The second-order valence-electron chi connectivity index (χ2n) is 10.2. The number of para-hydroxylation sites is 3. The highest BCUT2D eigenvalue weighted by Crippen LogP contribution is 2.43. The van der Waals surface area contributed by atoms with Gasteiger partial charge in [0.25, 0.3) is 0 Å². The summed E-state index contributed by atoms with van der Waals surface area (Å²) in [5, 5.41) is 0. The van der Waals surface area contributed by atoms with E-state index in [0.717, 1.165) is 36.2 Å². The molecule has 0 atom stereocenters. The Morgan fingerprint density at radius 1 is 0.611 bits per heavy atom. The Kier molecular flexibility index (Phi) is 5.38. The third-order valence-electron chi connectivity index (χ3n) is 7.59. The number of ether oxygens (including phenoxy) is 1. The number of nitrogens with zero attached hydrogens (tertiary/aromatic N) is 4. The van der Waals surface area contributed by atoms with Crippen molar-refractivity contribution in [2.75, 3.05) is 42.1 Å². The average molecular weight is 477 g/mol. The lowest BCUT2D eigenvalue weighted by Crippen LogP contribution is -2.49. The van der Waals surface area contributed by atoms with Crippen LogP contribution < -0.4 is 19.4 Å². The highest BCUT2D eigenvalue weighted by atomic mass is 16.5. The molecule has 6 rings (SSSR count). The summed E-state index contributed by atoms with van der Waals surface area (Å²) in [5.74, 6) is 1.66. The van der Waals surface area contributed by atoms with E-state index in [-0.39, 0.29) is 5.54 Å². The largest absolute Gasteiger partial charge is 0.457 e. The average Bonchev–Trinajstić information content (AvgIpc) is 3.23. The van der Waals surface area contributed by atoms with Gasteiger partial charge >= 0.3 is 0 Å². The van der Waals surface area contributed by atoms with E-state index in [1.54, 1.807) is 0 Å². The Morgan fingerprint density at radius 3 is 1.83 bits per heavy atom. The fourth-order valence-electron chi connectivity index (χ4n) is 5.28. The summed E-state index contributed by atoms with van der Waals surface area (Å²) in [6.45, 7) is 6.19. The second-order valence-corrected chi connectivity index (χ2v) is 10.2. The van der Waals surface area contributed by atoms with E-state index in [1.807, 2.05) is 12.1 Å². The first kappa shape index (κ1) is 22.5. The zero-order valence-electron chi connectivity index (χ0n) is 21.3. The zero-order valence-corrected chi connectivity index (χ0v) is 21.3. The van der Waals surface area contributed by atoms with Crippen molar-refractivity contribution in [1.29, 1.82) is 0 Å². The lowest BCUT2D eigenvalue weighted by molar-refractivity contribution is 0.150. The van der Waals surface area contributed by atoms with E-state index in [9.17, 15) is 0 Å². The molecule has 0 amide bonds. The van der Waals surface area contributed by atoms with E-state index in [0.29, 0.717) is 0 Å². The molecule has 0 unspecified atom stereocenters. The van der Waals surface area contributed by atoms with E-state index in [1.165, 1.54) is 22.6 Å². The minimum absolute atomic E-state index is 0.0239. The van der Waals surface area contributed by atoms with Gasteiger partial charge in [0.1, 0.15) is 11.5 Å². The van der Waals surface area contributed by atoms with Crippen molar-refractivity contribution in [2.45, 2.75) is 19.4 Å². The summed E-state index contributed by atoms with van der Waals surface area (Å²) in [6, 6.07) is 33.9. The summed E-state index contributed by atoms with van der Waals surface area (Å²) in [4.78, 5) is 9.33. The quantitative estimate of drug-likeness (QED) is 0.307. The second kappa shape index (κ2) is 8.61. The molecule has 0 fully saturated rings. The van der Waals surface area contributed by atoms with Gasteiger partial charge in [0, 0.05) is 41.8 Å². The number of benzene rings is 4. The molecule has 0 spiro atoms. The SMILES string of the molecule is CN1CN(c2cccc(Oc3cccc(N4CN(C)C(C)(C)c5ccccc54)c3)c2)c2ccccc21. The maximum atomic E-state index is 6.40. The highest BCUT2D eigenvalue weighted by molar-refractivity contribution is 5.82. The molecule has 0 radical (unpaired) electrons. The van der Waals surface area contributed by atoms with E-state index >= 15 is 0 Å². The Bertz CT molecular complexity index is 1420. The van der Waals surface area contributed by atoms with Crippen molar-refractivity contribution in [1.82, 2.24) is 4.90 Å². The van der Waals surface area contributed by atoms with Crippen LogP contribution in [0.1, 0.15) is 19.4 Å². The van der Waals surface area contributed by atoms with Gasteiger partial charge < -0.3 is 19.4 Å². The molecule has 5 heteroatoms. The van der Waals surface area contributed by atoms with Gasteiger partial charge in [-0.25, -0.2) is 0 Å². The standard InChI is InChI=1S/C31H32N4O/c1-31(2)27-15-5-6-16-28(27)35(22-33(31)4)24-12-10-14-26(20-24)36-25-13-9-11-23(19-25)34-21-32(3)29-17-7-8-18-30(29)34/h5-20H,21-22H2,1-4H3. The summed E-state index contributed by atoms with van der Waals surface area (Å²) < 4.78 is 6.40. The van der Waals surface area contributed by atoms with Gasteiger partial charge in [-0.1, -0.05) is 42.5 Å². The van der Waals surface area contributed by atoms with Crippen molar-refractivity contribution in [3.63, 3.8) is 0 Å². The molecule has 0 saturated heterocycles. The first-order valence-electron chi connectivity index (χ1n) is 12.5. The number of anilines is 5. The fourth-order valence-corrected chi connectivity index (χ4v) is 5.28. The van der Waals surface area contributed by atoms with Crippen molar-refractivity contribution in [3.8, 4) is 11.5 Å². The smallest absolute Gasteiger partial charge is 0.129 e. The molecular formula is C31H32N4O. The van der Waals surface area contributed by atoms with Crippen molar-refractivity contribution in [3.05, 3.63) is 103 Å². The summed E-state index contributed by atoms with van der Waals surface area (Å²) in [5.41, 5.74) is 7.25. The maximum absolute atomic E-state index is 6.40. The topological polar surface area (TPSA) is 22.2 Å². The normalized spacial score (nSPS) is 16.6. The lowest BCUT2D eigenvalue weighted by atomic mass is 9.88. The number of hydrogen-bond acceptors (Lipinski definition) is 5. The molecule has 4 aromatic carbocycles. The molecule has 0 aliphatic carbocycles. The molecule has 182 valence electrons. The van der Waals surface area contributed by atoms with Gasteiger partial charge in [-0.2, -0.15) is 0 Å². The molecule has 4 aromatic rings. The first-order chi connectivity index (χ1) is 17.4. The predicted octanol–water partition coefficient (Wildman–Crippen LogP) is 7.30. The number of rotatable bonds is 4. The van der Waals surface area contributed by atoms with Gasteiger partial charge in [0.15, 0.2) is 0 Å². The third-order valence-corrected chi connectivity index (χ3v) is 7.59. The van der Waals surface area contributed by atoms with Crippen molar-refractivity contribution >= 4 is 28.4 Å². The number of fused-ring (bicyclic) bond motifs is 2. The van der Waals surface area contributed by atoms with E-state index in [4.69, 9.17) is 4.74 Å². The van der Waals surface area contributed by atoms with Crippen LogP contribution in [0.3, 0.4) is 0 Å². The molecule has 0 N–H and O–H groups in total.